The number of aliphatic imine (C=N–C) groups is 1. The van der Waals surface area contributed by atoms with Crippen LogP contribution < -0.4 is 16.0 Å². The summed E-state index contributed by atoms with van der Waals surface area (Å²) in [6, 6.07) is 8.86. The molecule has 0 radical (unpaired) electrons. The van der Waals surface area contributed by atoms with Gasteiger partial charge in [-0.15, -0.1) is 0 Å². The van der Waals surface area contributed by atoms with Crippen molar-refractivity contribution in [2.45, 2.75) is 25.9 Å². The molecule has 0 atom stereocenters. The van der Waals surface area contributed by atoms with Crippen LogP contribution in [0.15, 0.2) is 41.8 Å². The summed E-state index contributed by atoms with van der Waals surface area (Å²) in [5.41, 5.74) is 3.44. The summed E-state index contributed by atoms with van der Waals surface area (Å²) in [6.07, 6.45) is 5.99. The van der Waals surface area contributed by atoms with Crippen molar-refractivity contribution in [2.75, 3.05) is 38.5 Å². The molecule has 0 amide bonds. The van der Waals surface area contributed by atoms with Crippen molar-refractivity contribution in [1.29, 1.82) is 0 Å². The van der Waals surface area contributed by atoms with Crippen LogP contribution in [0.2, 0.25) is 0 Å². The largest absolute Gasteiger partial charge is 0.368 e. The highest BCUT2D eigenvalue weighted by atomic mass is 15.3. The van der Waals surface area contributed by atoms with Crippen molar-refractivity contribution in [3.05, 3.63) is 47.9 Å². The minimum atomic E-state index is 0.701. The Balaban J connectivity index is 1.20. The fourth-order valence-electron chi connectivity index (χ4n) is 3.83. The van der Waals surface area contributed by atoms with Gasteiger partial charge in [-0.1, -0.05) is 24.3 Å². The zero-order valence-corrected chi connectivity index (χ0v) is 18.3. The topological polar surface area (TPSA) is 95.3 Å². The van der Waals surface area contributed by atoms with E-state index in [-0.39, 0.29) is 0 Å². The van der Waals surface area contributed by atoms with Crippen LogP contribution in [-0.2, 0) is 20.1 Å². The number of rotatable bonds is 8. The highest BCUT2D eigenvalue weighted by Crippen LogP contribution is 2.17. The molecule has 3 N–H and O–H groups in total. The molecule has 2 aromatic heterocycles. The molecule has 0 aliphatic carbocycles. The third-order valence-corrected chi connectivity index (χ3v) is 5.55. The van der Waals surface area contributed by atoms with Crippen LogP contribution >= 0.6 is 0 Å². The first-order chi connectivity index (χ1) is 15.2. The molecule has 3 heterocycles. The van der Waals surface area contributed by atoms with Gasteiger partial charge in [-0.2, -0.15) is 5.10 Å². The molecule has 31 heavy (non-hydrogen) atoms. The number of likely N-dealkylation sites (tertiary alicyclic amines) is 1. The summed E-state index contributed by atoms with van der Waals surface area (Å²) in [5, 5.41) is 15.2. The Hall–Kier alpha value is -3.20. The molecule has 0 saturated carbocycles. The molecular weight excluding hydrogens is 390 g/mol. The number of nitrogens with one attached hydrogen (secondary N) is 3. The lowest BCUT2D eigenvalue weighted by molar-refractivity contribution is 0.331. The number of nitrogens with zero attached hydrogens (tertiary/aromatic N) is 6. The van der Waals surface area contributed by atoms with Crippen molar-refractivity contribution < 1.29 is 0 Å². The van der Waals surface area contributed by atoms with Crippen molar-refractivity contribution in [3.8, 4) is 0 Å². The van der Waals surface area contributed by atoms with Crippen molar-refractivity contribution in [3.63, 3.8) is 0 Å². The van der Waals surface area contributed by atoms with Crippen molar-refractivity contribution in [2.24, 2.45) is 12.0 Å². The van der Waals surface area contributed by atoms with Crippen LogP contribution in [-0.4, -0.2) is 63.8 Å². The number of anilines is 1. The Morgan fingerprint density at radius 1 is 1.03 bits per heavy atom. The van der Waals surface area contributed by atoms with Gasteiger partial charge in [0.15, 0.2) is 11.6 Å². The molecule has 1 saturated heterocycles. The molecule has 4 rings (SSSR count). The van der Waals surface area contributed by atoms with E-state index >= 15 is 0 Å². The molecule has 9 heteroatoms. The highest BCUT2D eigenvalue weighted by molar-refractivity contribution is 5.86. The van der Waals surface area contributed by atoms with E-state index < -0.39 is 0 Å². The lowest BCUT2D eigenvalue weighted by atomic mass is 10.1. The van der Waals surface area contributed by atoms with E-state index in [0.717, 1.165) is 35.9 Å². The van der Waals surface area contributed by atoms with Crippen LogP contribution in [0.1, 0.15) is 24.0 Å². The second kappa shape index (κ2) is 10.2. The third-order valence-electron chi connectivity index (χ3n) is 5.55. The van der Waals surface area contributed by atoms with Gasteiger partial charge in [0.05, 0.1) is 11.6 Å². The normalized spacial score (nSPS) is 14.8. The first kappa shape index (κ1) is 21.0. The van der Waals surface area contributed by atoms with E-state index in [1.807, 2.05) is 7.05 Å². The Morgan fingerprint density at radius 2 is 1.81 bits per heavy atom. The minimum Gasteiger partial charge on any atom is -0.368 e. The Labute approximate surface area is 183 Å². The molecule has 164 valence electrons. The number of aromatic nitrogens is 4. The summed E-state index contributed by atoms with van der Waals surface area (Å²) in [5.74, 6) is 1.56. The maximum absolute atomic E-state index is 4.32. The van der Waals surface area contributed by atoms with E-state index in [4.69, 9.17) is 0 Å². The standard InChI is InChI=1S/C22H31N9/c1-23-22(25-10-9-24-20-19-14-29-30(2)21(19)28-16-27-20)26-13-17-5-7-18(8-6-17)15-31-11-3-4-12-31/h5-8,14,16H,3-4,9-13,15H2,1-2H3,(H2,23,25,26)(H,24,27,28). The number of hydrogen-bond acceptors (Lipinski definition) is 6. The summed E-state index contributed by atoms with van der Waals surface area (Å²) < 4.78 is 1.74. The molecule has 1 aliphatic rings. The first-order valence-corrected chi connectivity index (χ1v) is 10.8. The fourth-order valence-corrected chi connectivity index (χ4v) is 3.83. The van der Waals surface area contributed by atoms with Crippen LogP contribution in [0.3, 0.4) is 0 Å². The van der Waals surface area contributed by atoms with E-state index in [1.165, 1.54) is 37.1 Å². The summed E-state index contributed by atoms with van der Waals surface area (Å²) in [4.78, 5) is 15.4. The monoisotopic (exact) mass is 421 g/mol. The molecule has 3 aromatic rings. The van der Waals surface area contributed by atoms with E-state index in [9.17, 15) is 0 Å². The smallest absolute Gasteiger partial charge is 0.191 e. The van der Waals surface area contributed by atoms with Gasteiger partial charge < -0.3 is 16.0 Å². The van der Waals surface area contributed by atoms with Crippen LogP contribution in [0, 0.1) is 0 Å². The lowest BCUT2D eigenvalue weighted by Gasteiger charge is -2.15. The summed E-state index contributed by atoms with van der Waals surface area (Å²) >= 11 is 0. The molecule has 1 aliphatic heterocycles. The Morgan fingerprint density at radius 3 is 2.58 bits per heavy atom. The second-order valence-corrected chi connectivity index (χ2v) is 7.81. The average Bonchev–Trinajstić information content (AvgIpc) is 3.44. The van der Waals surface area contributed by atoms with Gasteiger partial charge in [0.25, 0.3) is 0 Å². The number of guanidine groups is 1. The number of hydrogen-bond donors (Lipinski definition) is 3. The Kier molecular flexibility index (Phi) is 6.93. The van der Waals surface area contributed by atoms with Gasteiger partial charge in [0.1, 0.15) is 12.1 Å². The van der Waals surface area contributed by atoms with E-state index in [0.29, 0.717) is 13.1 Å². The predicted molar refractivity (Wildman–Crippen MR) is 124 cm³/mol. The van der Waals surface area contributed by atoms with Gasteiger partial charge in [0.2, 0.25) is 0 Å². The molecule has 0 bridgehead atoms. The van der Waals surface area contributed by atoms with Gasteiger partial charge in [0, 0.05) is 40.3 Å². The van der Waals surface area contributed by atoms with Crippen molar-refractivity contribution in [1.82, 2.24) is 35.3 Å². The number of benzene rings is 1. The zero-order chi connectivity index (χ0) is 21.5. The predicted octanol–water partition coefficient (Wildman–Crippen LogP) is 1.74. The molecule has 1 fully saturated rings. The average molecular weight is 422 g/mol. The number of aryl methyl sites for hydroxylation is 1. The van der Waals surface area contributed by atoms with Crippen molar-refractivity contribution >= 4 is 22.8 Å². The molecule has 1 aromatic carbocycles. The maximum atomic E-state index is 4.32. The number of fused-ring (bicyclic) bond motifs is 1. The molecule has 9 nitrogen and oxygen atoms in total. The Bertz CT molecular complexity index is 1000. The quantitative estimate of drug-likeness (QED) is 0.290. The minimum absolute atomic E-state index is 0.701. The molecular formula is C22H31N9. The van der Waals surface area contributed by atoms with E-state index in [1.54, 1.807) is 24.3 Å². The maximum Gasteiger partial charge on any atom is 0.191 e. The van der Waals surface area contributed by atoms with Crippen LogP contribution in [0.4, 0.5) is 5.82 Å². The first-order valence-electron chi connectivity index (χ1n) is 10.8. The molecule has 0 spiro atoms. The van der Waals surface area contributed by atoms with Gasteiger partial charge in [-0.3, -0.25) is 14.6 Å². The molecule has 0 unspecified atom stereocenters. The lowest BCUT2D eigenvalue weighted by Crippen LogP contribution is -2.39. The van der Waals surface area contributed by atoms with Gasteiger partial charge in [-0.05, 0) is 37.1 Å². The summed E-state index contributed by atoms with van der Waals surface area (Å²) in [7, 11) is 3.66. The van der Waals surface area contributed by atoms with E-state index in [2.05, 4.69) is 65.2 Å². The second-order valence-electron chi connectivity index (χ2n) is 7.81. The van der Waals surface area contributed by atoms with Gasteiger partial charge in [-0.25, -0.2) is 9.97 Å². The third kappa shape index (κ3) is 5.49. The van der Waals surface area contributed by atoms with Crippen LogP contribution in [0.25, 0.3) is 11.0 Å². The zero-order valence-electron chi connectivity index (χ0n) is 18.3. The summed E-state index contributed by atoms with van der Waals surface area (Å²) in [6.45, 7) is 5.66. The highest BCUT2D eigenvalue weighted by Gasteiger charge is 2.11. The van der Waals surface area contributed by atoms with Gasteiger partial charge >= 0.3 is 0 Å². The SMILES string of the molecule is CN=C(NCCNc1ncnc2c1cnn2C)NCc1ccc(CN2CCCC2)cc1. The van der Waals surface area contributed by atoms with Crippen LogP contribution in [0.5, 0.6) is 0 Å². The fraction of sp³-hybridized carbons (Fsp3) is 0.455.